The molecule has 11 unspecified atom stereocenters. The average molecular weight is 669 g/mol. The van der Waals surface area contributed by atoms with Gasteiger partial charge in [0, 0.05) is 40.2 Å². The minimum absolute atomic E-state index is 0.00288. The summed E-state index contributed by atoms with van der Waals surface area (Å²) in [5, 5.41) is 13.3. The highest BCUT2D eigenvalue weighted by Crippen LogP contribution is 2.81. The number of furan rings is 1. The number of ether oxygens (including phenoxy) is 4. The van der Waals surface area contributed by atoms with E-state index >= 15 is 4.79 Å². The number of fused-ring (bicyclic) bond motifs is 4. The van der Waals surface area contributed by atoms with Crippen molar-refractivity contribution in [3.8, 4) is 0 Å². The van der Waals surface area contributed by atoms with Crippen LogP contribution >= 0.6 is 0 Å². The molecule has 3 saturated carbocycles. The predicted molar refractivity (Wildman–Crippen MR) is 169 cm³/mol. The number of hydrogen-bond acceptors (Lipinski definition) is 11. The van der Waals surface area contributed by atoms with Crippen LogP contribution in [0.1, 0.15) is 105 Å². The second-order valence-electron chi connectivity index (χ2n) is 15.6. The van der Waals surface area contributed by atoms with Crippen molar-refractivity contribution in [2.24, 2.45) is 39.9 Å². The maximum atomic E-state index is 15.4. The maximum Gasteiger partial charge on any atom is 0.310 e. The van der Waals surface area contributed by atoms with E-state index in [2.05, 4.69) is 0 Å². The van der Waals surface area contributed by atoms with Crippen LogP contribution in [0.4, 0.5) is 0 Å². The van der Waals surface area contributed by atoms with E-state index in [1.807, 2.05) is 34.6 Å². The number of rotatable bonds is 9. The molecule has 11 atom stereocenters. The van der Waals surface area contributed by atoms with Gasteiger partial charge in [0.2, 0.25) is 5.60 Å². The van der Waals surface area contributed by atoms with Gasteiger partial charge in [-0.3, -0.25) is 24.0 Å². The second-order valence-corrected chi connectivity index (χ2v) is 15.6. The average Bonchev–Trinajstić information content (AvgIpc) is 3.71. The smallest absolute Gasteiger partial charge is 0.310 e. The van der Waals surface area contributed by atoms with Crippen molar-refractivity contribution in [2.75, 3.05) is 7.11 Å². The Morgan fingerprint density at radius 3 is 2.33 bits per heavy atom. The molecule has 262 valence electrons. The van der Waals surface area contributed by atoms with Crippen molar-refractivity contribution in [1.29, 1.82) is 0 Å². The van der Waals surface area contributed by atoms with E-state index in [9.17, 15) is 24.3 Å². The Hall–Kier alpha value is -3.47. The first kappa shape index (κ1) is 34.4. The molecule has 0 spiro atoms. The van der Waals surface area contributed by atoms with Crippen LogP contribution in [0.3, 0.4) is 0 Å². The third-order valence-electron chi connectivity index (χ3n) is 13.4. The molecule has 1 aromatic heterocycles. The van der Waals surface area contributed by atoms with E-state index in [0.29, 0.717) is 36.8 Å². The number of hydrogen-bond donors (Lipinski definition) is 1. The van der Waals surface area contributed by atoms with Gasteiger partial charge >= 0.3 is 23.9 Å². The lowest BCUT2D eigenvalue weighted by Crippen LogP contribution is -2.79. The molecule has 48 heavy (non-hydrogen) atoms. The van der Waals surface area contributed by atoms with Crippen molar-refractivity contribution in [2.45, 2.75) is 117 Å². The highest BCUT2D eigenvalue weighted by molar-refractivity contribution is 6.08. The highest BCUT2D eigenvalue weighted by atomic mass is 16.6. The third kappa shape index (κ3) is 4.18. The van der Waals surface area contributed by atoms with Gasteiger partial charge in [-0.2, -0.15) is 0 Å². The number of carbonyl (C=O) groups is 5. The molecule has 0 aromatic carbocycles. The fraction of sp³-hybridized carbons (Fsp3) is 0.703. The summed E-state index contributed by atoms with van der Waals surface area (Å²) in [6.07, 6.45) is 2.37. The van der Waals surface area contributed by atoms with Crippen molar-refractivity contribution < 1.29 is 52.4 Å². The van der Waals surface area contributed by atoms with Crippen molar-refractivity contribution in [3.05, 3.63) is 35.3 Å². The first-order chi connectivity index (χ1) is 22.5. The van der Waals surface area contributed by atoms with Crippen LogP contribution in [0, 0.1) is 39.9 Å². The second kappa shape index (κ2) is 11.3. The molecule has 5 aliphatic rings. The van der Waals surface area contributed by atoms with E-state index in [1.54, 1.807) is 19.9 Å². The molecule has 1 saturated heterocycles. The van der Waals surface area contributed by atoms with Crippen LogP contribution in [0.2, 0.25) is 0 Å². The molecule has 1 N–H and O–H groups in total. The zero-order valence-electron chi connectivity index (χ0n) is 29.2. The van der Waals surface area contributed by atoms with Gasteiger partial charge < -0.3 is 28.5 Å². The number of methoxy groups -OCH3 is 1. The Bertz CT molecular complexity index is 1580. The summed E-state index contributed by atoms with van der Waals surface area (Å²) in [7, 11) is 1.29. The Labute approximate surface area is 281 Å². The van der Waals surface area contributed by atoms with Crippen molar-refractivity contribution >= 4 is 29.7 Å². The van der Waals surface area contributed by atoms with Crippen molar-refractivity contribution in [3.63, 3.8) is 0 Å². The molecule has 6 rings (SSSR count). The summed E-state index contributed by atoms with van der Waals surface area (Å²) in [6.45, 7) is 12.8. The summed E-state index contributed by atoms with van der Waals surface area (Å²) >= 11 is 0. The van der Waals surface area contributed by atoms with E-state index in [-0.39, 0.29) is 24.8 Å². The van der Waals surface area contributed by atoms with Crippen LogP contribution in [0.5, 0.6) is 0 Å². The molecule has 4 fully saturated rings. The standard InChI is InChI=1S/C37H48O11/c1-9-19(3)30(41)47-32-34(6)18-36(48-31(42)20(4)10-2)35(7,24(34)16-25(38)44-8)22-11-13-33(5)23(27(22)28(40)37(32,36)43)15-26(39)46-29(33)21-12-14-45-17-21/h12,14,17,19-20,22,24,29,32,43H,9-11,13,15-16,18H2,1-8H3. The Kier molecular flexibility index (Phi) is 8.09. The molecule has 2 bridgehead atoms. The molecule has 1 aromatic rings. The number of aliphatic hydroxyl groups is 1. The van der Waals surface area contributed by atoms with Crippen molar-refractivity contribution in [1.82, 2.24) is 0 Å². The lowest BCUT2D eigenvalue weighted by molar-refractivity contribution is -0.280. The lowest BCUT2D eigenvalue weighted by atomic mass is 9.41. The zero-order valence-corrected chi connectivity index (χ0v) is 29.2. The van der Waals surface area contributed by atoms with Crippen LogP contribution in [0.25, 0.3) is 0 Å². The Balaban J connectivity index is 1.64. The van der Waals surface area contributed by atoms with Crippen LogP contribution in [-0.2, 0) is 42.9 Å². The summed E-state index contributed by atoms with van der Waals surface area (Å²) in [5.74, 6) is -5.26. The molecular weight excluding hydrogens is 620 g/mol. The van der Waals surface area contributed by atoms with Gasteiger partial charge in [0.15, 0.2) is 11.4 Å². The monoisotopic (exact) mass is 668 g/mol. The summed E-state index contributed by atoms with van der Waals surface area (Å²) < 4.78 is 29.2. The summed E-state index contributed by atoms with van der Waals surface area (Å²) in [4.78, 5) is 69.3. The van der Waals surface area contributed by atoms with Gasteiger partial charge in [-0.1, -0.05) is 48.5 Å². The van der Waals surface area contributed by atoms with Gasteiger partial charge in [0.1, 0.15) is 12.2 Å². The van der Waals surface area contributed by atoms with E-state index in [1.165, 1.54) is 19.6 Å². The van der Waals surface area contributed by atoms with Crippen LogP contribution in [0.15, 0.2) is 34.2 Å². The maximum absolute atomic E-state index is 15.4. The molecule has 4 aliphatic carbocycles. The molecule has 11 nitrogen and oxygen atoms in total. The number of ketones is 1. The first-order valence-corrected chi connectivity index (χ1v) is 17.2. The minimum Gasteiger partial charge on any atom is -0.472 e. The normalized spacial score (nSPS) is 40.8. The Morgan fingerprint density at radius 2 is 1.73 bits per heavy atom. The molecule has 11 heteroatoms. The van der Waals surface area contributed by atoms with Gasteiger partial charge in [0.25, 0.3) is 0 Å². The lowest BCUT2D eigenvalue weighted by Gasteiger charge is -2.66. The summed E-state index contributed by atoms with van der Waals surface area (Å²) in [6, 6.07) is 1.73. The number of cyclic esters (lactones) is 1. The number of Topliss-reactive ketones (excluding diaryl/α,β-unsaturated/α-hetero) is 1. The largest absolute Gasteiger partial charge is 0.472 e. The van der Waals surface area contributed by atoms with Gasteiger partial charge in [-0.25, -0.2) is 0 Å². The van der Waals surface area contributed by atoms with Crippen LogP contribution < -0.4 is 0 Å². The van der Waals surface area contributed by atoms with Crippen LogP contribution in [-0.4, -0.2) is 59.2 Å². The minimum atomic E-state index is -2.50. The first-order valence-electron chi connectivity index (χ1n) is 17.2. The number of esters is 4. The fourth-order valence-electron chi connectivity index (χ4n) is 10.4. The third-order valence-corrected chi connectivity index (χ3v) is 13.4. The van der Waals surface area contributed by atoms with Gasteiger partial charge in [0.05, 0.1) is 37.9 Å². The van der Waals surface area contributed by atoms with E-state index < -0.39 is 93.0 Å². The molecule has 0 amide bonds. The quantitative estimate of drug-likeness (QED) is 0.273. The SMILES string of the molecule is CCC(C)C(=O)OC1C2(C)CC3(OC(=O)C(C)CC)C1(O)C(=O)C1=C4CC(=O)OC(c5ccoc5)C4(C)CCC1C3(C)C2CC(=O)OC. The topological polar surface area (TPSA) is 156 Å². The fourth-order valence-corrected chi connectivity index (χ4v) is 10.4. The Morgan fingerprint density at radius 1 is 1.06 bits per heavy atom. The van der Waals surface area contributed by atoms with E-state index in [4.69, 9.17) is 23.4 Å². The highest BCUT2D eigenvalue weighted by Gasteiger charge is 2.92. The zero-order chi connectivity index (χ0) is 35.2. The molecule has 2 heterocycles. The number of carbonyl (C=O) groups excluding carboxylic acids is 5. The van der Waals surface area contributed by atoms with E-state index in [0.717, 1.165) is 0 Å². The van der Waals surface area contributed by atoms with Gasteiger partial charge in [-0.15, -0.1) is 0 Å². The molecular formula is C37H48O11. The molecule has 0 radical (unpaired) electrons. The summed E-state index contributed by atoms with van der Waals surface area (Å²) in [5.41, 5.74) is -6.05. The molecule has 1 aliphatic heterocycles. The van der Waals surface area contributed by atoms with Gasteiger partial charge in [-0.05, 0) is 49.2 Å². The predicted octanol–water partition coefficient (Wildman–Crippen LogP) is 5.19.